The summed E-state index contributed by atoms with van der Waals surface area (Å²) in [5.74, 6) is -0.611. The minimum atomic E-state index is -0.984. The molecule has 66 valence electrons. The molecule has 1 N–H and O–H groups in total. The third-order valence-corrected chi connectivity index (χ3v) is 1.28. The molecule has 3 nitrogen and oxygen atoms in total. The zero-order valence-corrected chi connectivity index (χ0v) is 6.99. The van der Waals surface area contributed by atoms with Crippen molar-refractivity contribution in [3.05, 3.63) is 37.1 Å². The molecule has 3 heteroatoms. The maximum absolute atomic E-state index is 11.0. The van der Waals surface area contributed by atoms with E-state index in [0.717, 1.165) is 6.26 Å². The monoisotopic (exact) mass is 168 g/mol. The smallest absolute Gasteiger partial charge is 0.341 e. The van der Waals surface area contributed by atoms with Crippen molar-refractivity contribution in [2.75, 3.05) is 0 Å². The Morgan fingerprint density at radius 1 is 1.58 bits per heavy atom. The van der Waals surface area contributed by atoms with E-state index in [1.807, 2.05) is 0 Å². The largest absolute Gasteiger partial charge is 0.432 e. The summed E-state index contributed by atoms with van der Waals surface area (Å²) in [6, 6.07) is 0. The van der Waals surface area contributed by atoms with Gasteiger partial charge in [0.25, 0.3) is 0 Å². The molecular weight excluding hydrogens is 156 g/mol. The lowest BCUT2D eigenvalue weighted by atomic mass is 10.1. The van der Waals surface area contributed by atoms with Gasteiger partial charge in [0, 0.05) is 0 Å². The van der Waals surface area contributed by atoms with Crippen LogP contribution in [0.5, 0.6) is 0 Å². The highest BCUT2D eigenvalue weighted by atomic mass is 16.5. The summed E-state index contributed by atoms with van der Waals surface area (Å²) in [7, 11) is 0. The lowest BCUT2D eigenvalue weighted by Crippen LogP contribution is -2.16. The maximum Gasteiger partial charge on any atom is 0.341 e. The van der Waals surface area contributed by atoms with Crippen molar-refractivity contribution < 1.29 is 14.6 Å². The summed E-state index contributed by atoms with van der Waals surface area (Å²) in [5.41, 5.74) is 0.157. The number of esters is 1. The first-order chi connectivity index (χ1) is 5.67. The molecule has 0 radical (unpaired) electrons. The highest BCUT2D eigenvalue weighted by molar-refractivity contribution is 5.90. The van der Waals surface area contributed by atoms with E-state index in [9.17, 15) is 9.90 Å². The summed E-state index contributed by atoms with van der Waals surface area (Å²) in [5, 5.41) is 9.19. The van der Waals surface area contributed by atoms with Gasteiger partial charge in [-0.05, 0) is 6.92 Å². The SMILES string of the molecule is C=COC(=O)C(=CC)C(O)C=C. The van der Waals surface area contributed by atoms with Crippen LogP contribution in [0.1, 0.15) is 6.92 Å². The summed E-state index contributed by atoms with van der Waals surface area (Å²) >= 11 is 0. The van der Waals surface area contributed by atoms with Crippen LogP contribution in [0.15, 0.2) is 37.1 Å². The average molecular weight is 168 g/mol. The number of ether oxygens (including phenoxy) is 1. The number of hydrogen-bond donors (Lipinski definition) is 1. The van der Waals surface area contributed by atoms with Gasteiger partial charge in [-0.1, -0.05) is 18.7 Å². The highest BCUT2D eigenvalue weighted by Crippen LogP contribution is 2.05. The number of carbonyl (C=O) groups is 1. The molecule has 12 heavy (non-hydrogen) atoms. The molecule has 0 saturated carbocycles. The molecule has 0 fully saturated rings. The second kappa shape index (κ2) is 5.32. The molecule has 0 aromatic rings. The van der Waals surface area contributed by atoms with Crippen molar-refractivity contribution in [3.63, 3.8) is 0 Å². The Bertz CT molecular complexity index is 216. The van der Waals surface area contributed by atoms with Gasteiger partial charge in [0.05, 0.1) is 11.8 Å². The third kappa shape index (κ3) is 2.72. The second-order valence-electron chi connectivity index (χ2n) is 2.00. The first-order valence-electron chi connectivity index (χ1n) is 3.46. The number of carbonyl (C=O) groups excluding carboxylic acids is 1. The van der Waals surface area contributed by atoms with Crippen LogP contribution < -0.4 is 0 Å². The zero-order valence-electron chi connectivity index (χ0n) is 6.99. The normalized spacial score (nSPS) is 13.3. The second-order valence-corrected chi connectivity index (χ2v) is 2.00. The summed E-state index contributed by atoms with van der Waals surface area (Å²) in [4.78, 5) is 11.0. The van der Waals surface area contributed by atoms with Crippen LogP contribution >= 0.6 is 0 Å². The number of hydrogen-bond acceptors (Lipinski definition) is 3. The number of aliphatic hydroxyl groups is 1. The Hall–Kier alpha value is -1.35. The molecular formula is C9H12O3. The Balaban J connectivity index is 4.46. The van der Waals surface area contributed by atoms with Gasteiger partial charge in [0.1, 0.15) is 6.10 Å². The lowest BCUT2D eigenvalue weighted by Gasteiger charge is -2.07. The van der Waals surface area contributed by atoms with Crippen LogP contribution in [0.25, 0.3) is 0 Å². The first kappa shape index (κ1) is 10.7. The third-order valence-electron chi connectivity index (χ3n) is 1.28. The van der Waals surface area contributed by atoms with Crippen molar-refractivity contribution in [2.24, 2.45) is 0 Å². The number of aliphatic hydroxyl groups excluding tert-OH is 1. The molecule has 0 aromatic heterocycles. The molecule has 1 unspecified atom stereocenters. The molecule has 0 spiro atoms. The van der Waals surface area contributed by atoms with Crippen molar-refractivity contribution in [1.82, 2.24) is 0 Å². The Kier molecular flexibility index (Phi) is 4.72. The lowest BCUT2D eigenvalue weighted by molar-refractivity contribution is -0.134. The first-order valence-corrected chi connectivity index (χ1v) is 3.46. The number of allylic oxidation sites excluding steroid dienone is 1. The predicted molar refractivity (Wildman–Crippen MR) is 46.2 cm³/mol. The van der Waals surface area contributed by atoms with Crippen LogP contribution in [-0.4, -0.2) is 17.2 Å². The topological polar surface area (TPSA) is 46.5 Å². The summed E-state index contributed by atoms with van der Waals surface area (Å²) in [6.07, 6.45) is 2.75. The molecule has 0 amide bonds. The zero-order chi connectivity index (χ0) is 9.56. The van der Waals surface area contributed by atoms with Crippen LogP contribution in [0.2, 0.25) is 0 Å². The van der Waals surface area contributed by atoms with Gasteiger partial charge in [0.15, 0.2) is 0 Å². The summed E-state index contributed by atoms with van der Waals surface area (Å²) in [6.45, 7) is 8.20. The fourth-order valence-electron chi connectivity index (χ4n) is 0.680. The van der Waals surface area contributed by atoms with E-state index in [1.165, 1.54) is 12.2 Å². The fourth-order valence-corrected chi connectivity index (χ4v) is 0.680. The van der Waals surface area contributed by atoms with Crippen molar-refractivity contribution >= 4 is 5.97 Å². The molecule has 1 atom stereocenters. The van der Waals surface area contributed by atoms with Gasteiger partial charge < -0.3 is 9.84 Å². The minimum Gasteiger partial charge on any atom is -0.432 e. The minimum absolute atomic E-state index is 0.157. The van der Waals surface area contributed by atoms with Crippen LogP contribution in [-0.2, 0) is 9.53 Å². The molecule has 0 aliphatic rings. The highest BCUT2D eigenvalue weighted by Gasteiger charge is 2.15. The van der Waals surface area contributed by atoms with E-state index in [-0.39, 0.29) is 5.57 Å². The fraction of sp³-hybridized carbons (Fsp3) is 0.222. The summed E-state index contributed by atoms with van der Waals surface area (Å²) < 4.78 is 4.47. The molecule has 0 aromatic carbocycles. The van der Waals surface area contributed by atoms with E-state index in [1.54, 1.807) is 6.92 Å². The quantitative estimate of drug-likeness (QED) is 0.296. The standard InChI is InChI=1S/C9H12O3/c1-4-7(8(10)5-2)9(11)12-6-3/h4-6,8,10H,2-3H2,1H3. The van der Waals surface area contributed by atoms with E-state index >= 15 is 0 Å². The van der Waals surface area contributed by atoms with Gasteiger partial charge in [-0.3, -0.25) is 0 Å². The van der Waals surface area contributed by atoms with Crippen molar-refractivity contribution in [2.45, 2.75) is 13.0 Å². The molecule has 0 saturated heterocycles. The van der Waals surface area contributed by atoms with Gasteiger partial charge >= 0.3 is 5.97 Å². The van der Waals surface area contributed by atoms with Crippen LogP contribution in [0.4, 0.5) is 0 Å². The Morgan fingerprint density at radius 2 is 2.17 bits per heavy atom. The van der Waals surface area contributed by atoms with Crippen LogP contribution in [0.3, 0.4) is 0 Å². The molecule has 0 heterocycles. The molecule has 0 aliphatic heterocycles. The maximum atomic E-state index is 11.0. The van der Waals surface area contributed by atoms with Crippen molar-refractivity contribution in [3.8, 4) is 0 Å². The molecule has 0 bridgehead atoms. The van der Waals surface area contributed by atoms with Gasteiger partial charge in [-0.25, -0.2) is 4.79 Å². The molecule has 0 rings (SSSR count). The van der Waals surface area contributed by atoms with E-state index < -0.39 is 12.1 Å². The van der Waals surface area contributed by atoms with E-state index in [2.05, 4.69) is 17.9 Å². The van der Waals surface area contributed by atoms with Crippen LogP contribution in [0, 0.1) is 0 Å². The Morgan fingerprint density at radius 3 is 2.50 bits per heavy atom. The Labute approximate surface area is 71.7 Å². The van der Waals surface area contributed by atoms with Crippen molar-refractivity contribution in [1.29, 1.82) is 0 Å². The van der Waals surface area contributed by atoms with E-state index in [4.69, 9.17) is 0 Å². The van der Waals surface area contributed by atoms with Gasteiger partial charge in [0.2, 0.25) is 0 Å². The molecule has 0 aliphatic carbocycles. The van der Waals surface area contributed by atoms with Gasteiger partial charge in [-0.2, -0.15) is 0 Å². The average Bonchev–Trinajstić information content (AvgIpc) is 2.06. The number of rotatable bonds is 4. The predicted octanol–water partition coefficient (Wildman–Crippen LogP) is 1.17. The van der Waals surface area contributed by atoms with Gasteiger partial charge in [-0.15, -0.1) is 6.58 Å². The van der Waals surface area contributed by atoms with E-state index in [0.29, 0.717) is 0 Å².